The Labute approximate surface area is 609 Å². The minimum atomic E-state index is -4.98. The lowest BCUT2D eigenvalue weighted by atomic mass is 10.0. The van der Waals surface area contributed by atoms with Gasteiger partial charge < -0.3 is 33.8 Å². The number of allylic oxidation sites excluding steroid dienone is 12. The summed E-state index contributed by atoms with van der Waals surface area (Å²) in [6.45, 7) is 4.77. The summed E-state index contributed by atoms with van der Waals surface area (Å²) in [5, 5.41) is 10.6. The highest BCUT2D eigenvalue weighted by Gasteiger charge is 2.30. The maximum absolute atomic E-state index is 13.1. The largest absolute Gasteiger partial charge is 0.472 e. The van der Waals surface area contributed by atoms with Crippen molar-refractivity contribution < 1.29 is 80.2 Å². The molecular formula is C81H146O17P2. The van der Waals surface area contributed by atoms with Crippen LogP contribution in [0.2, 0.25) is 0 Å². The fourth-order valence-electron chi connectivity index (χ4n) is 11.0. The highest BCUT2D eigenvalue weighted by Crippen LogP contribution is 2.45. The number of aliphatic hydroxyl groups is 1. The molecule has 100 heavy (non-hydrogen) atoms. The number of esters is 4. The van der Waals surface area contributed by atoms with E-state index in [2.05, 4.69) is 101 Å². The second-order valence-electron chi connectivity index (χ2n) is 27.0. The summed E-state index contributed by atoms with van der Waals surface area (Å²) in [6, 6.07) is 0. The lowest BCUT2D eigenvalue weighted by molar-refractivity contribution is -0.161. The number of phosphoric ester groups is 2. The fourth-order valence-corrected chi connectivity index (χ4v) is 12.6. The summed E-state index contributed by atoms with van der Waals surface area (Å²) in [5.74, 6) is -2.19. The molecule has 0 aromatic carbocycles. The minimum Gasteiger partial charge on any atom is -0.462 e. The molecule has 0 aliphatic carbocycles. The SMILES string of the molecule is CC/C=C\C/C=C\C/C=C\C/C=C\CCCCCCC(=O)OCC(COP(=O)(O)OCC(O)COP(=O)(O)OCC(COC(=O)CCCCCCC/C=C\CCCCCCCC)OC(=O)CCCCCCC/C=C\CCCCCCCC)OC(=O)CCCCCCCCCCCCCCC. The van der Waals surface area contributed by atoms with E-state index in [1.807, 2.05) is 0 Å². The van der Waals surface area contributed by atoms with E-state index in [4.69, 9.17) is 37.0 Å². The summed E-state index contributed by atoms with van der Waals surface area (Å²) < 4.78 is 68.6. The Kier molecular flexibility index (Phi) is 71.2. The third-order valence-corrected chi connectivity index (χ3v) is 19.1. The van der Waals surface area contributed by atoms with Crippen molar-refractivity contribution in [3.8, 4) is 0 Å². The molecule has 0 saturated carbocycles. The predicted molar refractivity (Wildman–Crippen MR) is 409 cm³/mol. The van der Waals surface area contributed by atoms with E-state index in [-0.39, 0.29) is 25.7 Å². The molecule has 0 bridgehead atoms. The number of ether oxygens (including phenoxy) is 4. The summed E-state index contributed by atoms with van der Waals surface area (Å²) in [5.41, 5.74) is 0. The summed E-state index contributed by atoms with van der Waals surface area (Å²) in [7, 11) is -9.95. The molecule has 3 N–H and O–H groups in total. The Bertz CT molecular complexity index is 2180. The smallest absolute Gasteiger partial charge is 0.462 e. The molecule has 0 aliphatic rings. The third kappa shape index (κ3) is 72.8. The van der Waals surface area contributed by atoms with Gasteiger partial charge in [0.15, 0.2) is 12.2 Å². The number of carbonyl (C=O) groups excluding carboxylic acids is 4. The first-order chi connectivity index (χ1) is 48.7. The fraction of sp³-hybridized carbons (Fsp3) is 0.802. The quantitative estimate of drug-likeness (QED) is 0.0169. The molecule has 0 heterocycles. The van der Waals surface area contributed by atoms with Crippen LogP contribution in [0, 0.1) is 0 Å². The van der Waals surface area contributed by atoms with Gasteiger partial charge in [-0.1, -0.05) is 293 Å². The van der Waals surface area contributed by atoms with Crippen LogP contribution in [-0.2, 0) is 65.4 Å². The number of rotatable bonds is 76. The molecule has 582 valence electrons. The van der Waals surface area contributed by atoms with Gasteiger partial charge in [-0.3, -0.25) is 37.3 Å². The third-order valence-electron chi connectivity index (χ3n) is 17.2. The topological polar surface area (TPSA) is 237 Å². The second kappa shape index (κ2) is 73.8. The molecule has 0 fully saturated rings. The number of hydrogen-bond donors (Lipinski definition) is 3. The molecule has 5 atom stereocenters. The zero-order valence-electron chi connectivity index (χ0n) is 63.6. The number of aliphatic hydroxyl groups excluding tert-OH is 1. The standard InChI is InChI=1S/C81H146O17P2/c1-5-9-13-17-21-25-29-33-36-37-40-43-46-50-54-58-62-66-79(84)92-71-76(97-80(85)67-63-59-55-51-47-41-32-28-24-20-16-12-8-4)73-95-99(87,88)93-69-75(82)70-94-100(89,90)96-74-77(98-81(86)68-64-60-56-52-48-44-39-35-31-27-23-19-15-11-7-3)72-91-78(83)65-61-57-53-49-45-42-38-34-30-26-22-18-14-10-6-2/h9,13,21,25,33-36,38-40,43,75-77,82H,5-8,10-12,14-20,22-24,26-32,37,41-42,44-74H2,1-4H3,(H,87,88)(H,89,90)/b13-9-,25-21-,36-33-,38-34-,39-35-,43-40-. The van der Waals surface area contributed by atoms with Crippen LogP contribution < -0.4 is 0 Å². The first-order valence-corrected chi connectivity index (χ1v) is 43.2. The zero-order valence-corrected chi connectivity index (χ0v) is 65.4. The van der Waals surface area contributed by atoms with Crippen LogP contribution in [0.3, 0.4) is 0 Å². The number of carbonyl (C=O) groups is 4. The molecule has 19 heteroatoms. The Balaban J connectivity index is 5.35. The molecule has 0 aliphatic heterocycles. The number of hydrogen-bond acceptors (Lipinski definition) is 15. The summed E-state index contributed by atoms with van der Waals surface area (Å²) in [4.78, 5) is 73.0. The molecule has 0 saturated heterocycles. The van der Waals surface area contributed by atoms with E-state index in [0.717, 1.165) is 154 Å². The molecule has 0 spiro atoms. The number of phosphoric acid groups is 2. The highest BCUT2D eigenvalue weighted by atomic mass is 31.2. The van der Waals surface area contributed by atoms with E-state index in [1.54, 1.807) is 0 Å². The molecular weight excluding hydrogens is 1310 g/mol. The van der Waals surface area contributed by atoms with Gasteiger partial charge in [0.05, 0.1) is 26.4 Å². The Morgan fingerprint density at radius 3 is 0.810 bits per heavy atom. The molecule has 0 rings (SSSR count). The molecule has 0 amide bonds. The normalized spacial score (nSPS) is 14.3. The van der Waals surface area contributed by atoms with Gasteiger partial charge in [0.2, 0.25) is 0 Å². The highest BCUT2D eigenvalue weighted by molar-refractivity contribution is 7.47. The predicted octanol–water partition coefficient (Wildman–Crippen LogP) is 23.2. The van der Waals surface area contributed by atoms with Gasteiger partial charge in [0.25, 0.3) is 0 Å². The second-order valence-corrected chi connectivity index (χ2v) is 29.9. The van der Waals surface area contributed by atoms with Gasteiger partial charge in [0, 0.05) is 25.7 Å². The van der Waals surface area contributed by atoms with Gasteiger partial charge in [-0.05, 0) is 116 Å². The Morgan fingerprint density at radius 1 is 0.290 bits per heavy atom. The average Bonchev–Trinajstić information content (AvgIpc) is 0.965. The van der Waals surface area contributed by atoms with Crippen molar-refractivity contribution in [3.05, 3.63) is 72.9 Å². The summed E-state index contributed by atoms with van der Waals surface area (Å²) >= 11 is 0. The van der Waals surface area contributed by atoms with E-state index < -0.39 is 97.5 Å². The van der Waals surface area contributed by atoms with Crippen LogP contribution in [0.1, 0.15) is 362 Å². The number of unbranched alkanes of at least 4 members (excludes halogenated alkanes) is 38. The van der Waals surface area contributed by atoms with Crippen LogP contribution in [-0.4, -0.2) is 96.7 Å². The van der Waals surface area contributed by atoms with Gasteiger partial charge in [-0.2, -0.15) is 0 Å². The van der Waals surface area contributed by atoms with Crippen molar-refractivity contribution in [1.82, 2.24) is 0 Å². The monoisotopic (exact) mass is 1450 g/mol. The van der Waals surface area contributed by atoms with Crippen LogP contribution >= 0.6 is 15.6 Å². The van der Waals surface area contributed by atoms with Crippen LogP contribution in [0.15, 0.2) is 72.9 Å². The van der Waals surface area contributed by atoms with Crippen LogP contribution in [0.4, 0.5) is 0 Å². The van der Waals surface area contributed by atoms with Gasteiger partial charge in [-0.15, -0.1) is 0 Å². The van der Waals surface area contributed by atoms with Crippen molar-refractivity contribution in [2.75, 3.05) is 39.6 Å². The van der Waals surface area contributed by atoms with Crippen molar-refractivity contribution in [1.29, 1.82) is 0 Å². The lowest BCUT2D eigenvalue weighted by Crippen LogP contribution is -2.30. The molecule has 0 aromatic rings. The Hall–Kier alpha value is -3.50. The van der Waals surface area contributed by atoms with E-state index in [0.29, 0.717) is 25.7 Å². The van der Waals surface area contributed by atoms with E-state index >= 15 is 0 Å². The average molecular weight is 1450 g/mol. The van der Waals surface area contributed by atoms with Gasteiger partial charge in [0.1, 0.15) is 19.3 Å². The Morgan fingerprint density at radius 2 is 0.520 bits per heavy atom. The first-order valence-electron chi connectivity index (χ1n) is 40.2. The van der Waals surface area contributed by atoms with E-state index in [1.165, 1.54) is 128 Å². The first kappa shape index (κ1) is 96.5. The van der Waals surface area contributed by atoms with Gasteiger partial charge >= 0.3 is 39.5 Å². The van der Waals surface area contributed by atoms with Crippen molar-refractivity contribution in [3.63, 3.8) is 0 Å². The zero-order chi connectivity index (χ0) is 73.2. The lowest BCUT2D eigenvalue weighted by Gasteiger charge is -2.21. The molecule has 0 radical (unpaired) electrons. The minimum absolute atomic E-state index is 0.0868. The van der Waals surface area contributed by atoms with Crippen molar-refractivity contribution in [2.24, 2.45) is 0 Å². The van der Waals surface area contributed by atoms with Crippen molar-refractivity contribution in [2.45, 2.75) is 380 Å². The maximum atomic E-state index is 13.1. The summed E-state index contributed by atoms with van der Waals surface area (Å²) in [6.07, 6.45) is 74.5. The van der Waals surface area contributed by atoms with Crippen LogP contribution in [0.25, 0.3) is 0 Å². The van der Waals surface area contributed by atoms with E-state index in [9.17, 15) is 43.2 Å². The maximum Gasteiger partial charge on any atom is 0.472 e. The van der Waals surface area contributed by atoms with Crippen LogP contribution in [0.5, 0.6) is 0 Å². The molecule has 17 nitrogen and oxygen atoms in total. The van der Waals surface area contributed by atoms with Crippen molar-refractivity contribution >= 4 is 39.5 Å². The van der Waals surface area contributed by atoms with Gasteiger partial charge in [-0.25, -0.2) is 9.13 Å². The molecule has 0 aromatic heterocycles. The molecule has 5 unspecified atom stereocenters.